The van der Waals surface area contributed by atoms with Crippen LogP contribution in [0.1, 0.15) is 53.6 Å². The summed E-state index contributed by atoms with van der Waals surface area (Å²) in [6.07, 6.45) is 15.2. The van der Waals surface area contributed by atoms with E-state index in [1.807, 2.05) is 60.5 Å². The summed E-state index contributed by atoms with van der Waals surface area (Å²) in [7, 11) is 0. The van der Waals surface area contributed by atoms with Crippen LogP contribution in [-0.2, 0) is 25.8 Å². The number of aryl methyl sites for hydroxylation is 3. The van der Waals surface area contributed by atoms with Crippen LogP contribution in [0.2, 0.25) is 0 Å². The van der Waals surface area contributed by atoms with Crippen molar-refractivity contribution in [2.24, 2.45) is 4.99 Å². The largest absolute Gasteiger partial charge is 0.379 e. The maximum atomic E-state index is 4.80. The zero-order chi connectivity index (χ0) is 24.4. The molecule has 1 aromatic carbocycles. The first-order valence-electron chi connectivity index (χ1n) is 12.7. The molecule has 2 aliphatic heterocycles. The van der Waals surface area contributed by atoms with Gasteiger partial charge in [-0.15, -0.1) is 23.5 Å². The van der Waals surface area contributed by atoms with Crippen molar-refractivity contribution >= 4 is 35.4 Å². The van der Waals surface area contributed by atoms with Gasteiger partial charge in [0.25, 0.3) is 0 Å². The number of nitrogens with zero attached hydrogens (tertiary/aromatic N) is 3. The van der Waals surface area contributed by atoms with E-state index in [0.29, 0.717) is 6.54 Å². The lowest BCUT2D eigenvalue weighted by Gasteiger charge is -2.16. The van der Waals surface area contributed by atoms with Gasteiger partial charge in [-0.1, -0.05) is 24.3 Å². The van der Waals surface area contributed by atoms with E-state index in [2.05, 4.69) is 51.4 Å². The van der Waals surface area contributed by atoms with Crippen LogP contribution in [-0.4, -0.2) is 22.7 Å². The molecule has 2 aliphatic rings. The third-order valence-corrected chi connectivity index (χ3v) is 8.95. The van der Waals surface area contributed by atoms with Crippen LogP contribution in [0.5, 0.6) is 0 Å². The number of nitrogens with one attached hydrogen (secondary N) is 1. The summed E-state index contributed by atoms with van der Waals surface area (Å²) >= 11 is 3.75. The minimum atomic E-state index is 0.702. The van der Waals surface area contributed by atoms with Gasteiger partial charge in [-0.3, -0.25) is 15.0 Å². The second-order valence-electron chi connectivity index (χ2n) is 9.04. The molecule has 184 valence electrons. The number of anilines is 1. The number of thioether (sulfide) groups is 2. The lowest BCUT2D eigenvalue weighted by atomic mass is 9.97. The van der Waals surface area contributed by atoms with Gasteiger partial charge in [-0.05, 0) is 95.6 Å². The molecule has 5 rings (SSSR count). The molecule has 0 atom stereocenters. The molecule has 4 nitrogen and oxygen atoms in total. The van der Waals surface area contributed by atoms with Crippen LogP contribution in [0.25, 0.3) is 0 Å². The molecule has 0 bridgehead atoms. The molecule has 0 radical (unpaired) electrons. The number of hydrogen-bond acceptors (Lipinski definition) is 6. The number of aliphatic imine (C=N–C) groups is 1. The average Bonchev–Trinajstić information content (AvgIpc) is 2.93. The van der Waals surface area contributed by atoms with Crippen molar-refractivity contribution in [3.8, 4) is 0 Å². The maximum absolute atomic E-state index is 4.80. The molecule has 2 aromatic heterocycles. The average molecular weight is 513 g/mol. The fourth-order valence-electron chi connectivity index (χ4n) is 4.68. The highest BCUT2D eigenvalue weighted by molar-refractivity contribution is 8.12. The number of fused-ring (bicyclic) bond motifs is 3. The highest BCUT2D eigenvalue weighted by Gasteiger charge is 2.13. The number of aromatic nitrogens is 2. The predicted molar refractivity (Wildman–Crippen MR) is 156 cm³/mol. The van der Waals surface area contributed by atoms with Crippen LogP contribution in [0.4, 0.5) is 5.69 Å². The van der Waals surface area contributed by atoms with E-state index in [9.17, 15) is 0 Å². The monoisotopic (exact) mass is 512 g/mol. The third-order valence-electron chi connectivity index (χ3n) is 6.64. The zero-order valence-corrected chi connectivity index (χ0v) is 22.2. The van der Waals surface area contributed by atoms with Gasteiger partial charge in [0.1, 0.15) is 0 Å². The Morgan fingerprint density at radius 2 is 1.53 bits per heavy atom. The van der Waals surface area contributed by atoms with Crippen LogP contribution in [0.15, 0.2) is 86.7 Å². The molecule has 6 heteroatoms. The summed E-state index contributed by atoms with van der Waals surface area (Å²) in [6.45, 7) is 1.49. The van der Waals surface area contributed by atoms with Gasteiger partial charge in [0.2, 0.25) is 0 Å². The van der Waals surface area contributed by atoms with Crippen LogP contribution >= 0.6 is 23.5 Å². The van der Waals surface area contributed by atoms with Crippen molar-refractivity contribution in [3.63, 3.8) is 0 Å². The van der Waals surface area contributed by atoms with E-state index in [4.69, 9.17) is 9.98 Å². The first-order chi connectivity index (χ1) is 17.9. The molecular weight excluding hydrogens is 480 g/mol. The Balaban J connectivity index is 1.39. The second-order valence-corrected chi connectivity index (χ2v) is 11.0. The van der Waals surface area contributed by atoms with Gasteiger partial charge < -0.3 is 5.32 Å². The Kier molecular flexibility index (Phi) is 8.92. The Labute approximate surface area is 222 Å². The lowest BCUT2D eigenvalue weighted by molar-refractivity contribution is 0.718. The van der Waals surface area contributed by atoms with Gasteiger partial charge in [-0.25, -0.2) is 0 Å². The minimum Gasteiger partial charge on any atom is -0.379 e. The number of allylic oxidation sites excluding steroid dienone is 1. The summed E-state index contributed by atoms with van der Waals surface area (Å²) in [5.74, 6) is 0. The maximum Gasteiger partial charge on any atom is 0.0634 e. The standard InChI is InChI=1S/C30H32N4S2/c1-2-8-24-11-12-29-30(36-19-18-35-29)14-17-32-20-25-13-16-31-21-26(25)22-34-28-10-5-15-33-27(28)9-4-3-7-23(24)6-1/h1-2,5-6,8,10,13,15-16,18-21,34H,3-4,7,9,11-12,14,17,22H2. The molecular formula is C30H32N4S2. The molecule has 0 fully saturated rings. The Morgan fingerprint density at radius 1 is 0.722 bits per heavy atom. The topological polar surface area (TPSA) is 50.2 Å². The molecule has 3 aromatic rings. The number of rotatable bonds is 0. The van der Waals surface area contributed by atoms with Crippen molar-refractivity contribution in [3.05, 3.63) is 110 Å². The van der Waals surface area contributed by atoms with Gasteiger partial charge in [0.05, 0.1) is 11.4 Å². The molecule has 0 unspecified atom stereocenters. The van der Waals surface area contributed by atoms with E-state index in [1.165, 1.54) is 20.9 Å². The summed E-state index contributed by atoms with van der Waals surface area (Å²) in [5.41, 5.74) is 7.49. The molecule has 1 N–H and O–H groups in total. The molecule has 0 spiro atoms. The molecule has 4 heterocycles. The van der Waals surface area contributed by atoms with Gasteiger partial charge in [-0.2, -0.15) is 0 Å². The minimum absolute atomic E-state index is 0.702. The fourth-order valence-corrected chi connectivity index (χ4v) is 6.64. The molecule has 36 heavy (non-hydrogen) atoms. The fraction of sp³-hybridized carbons (Fsp3) is 0.300. The number of benzene rings is 1. The number of pyridine rings is 2. The molecule has 0 aliphatic carbocycles. The van der Waals surface area contributed by atoms with Crippen molar-refractivity contribution in [1.29, 1.82) is 0 Å². The van der Waals surface area contributed by atoms with Crippen LogP contribution < -0.4 is 5.32 Å². The quantitative estimate of drug-likeness (QED) is 0.337. The van der Waals surface area contributed by atoms with Crippen molar-refractivity contribution in [1.82, 2.24) is 9.97 Å². The second kappa shape index (κ2) is 12.9. The summed E-state index contributed by atoms with van der Waals surface area (Å²) in [6, 6.07) is 15.2. The van der Waals surface area contributed by atoms with Gasteiger partial charge in [0.15, 0.2) is 0 Å². The van der Waals surface area contributed by atoms with E-state index < -0.39 is 0 Å². The Bertz CT molecular complexity index is 1270. The highest BCUT2D eigenvalue weighted by atomic mass is 32.2. The van der Waals surface area contributed by atoms with E-state index >= 15 is 0 Å². The van der Waals surface area contributed by atoms with Crippen molar-refractivity contribution < 1.29 is 0 Å². The first-order valence-corrected chi connectivity index (χ1v) is 14.5. The van der Waals surface area contributed by atoms with E-state index in [-0.39, 0.29) is 0 Å². The predicted octanol–water partition coefficient (Wildman–Crippen LogP) is 7.57. The molecule has 0 saturated heterocycles. The van der Waals surface area contributed by atoms with Gasteiger partial charge >= 0.3 is 0 Å². The van der Waals surface area contributed by atoms with E-state index in [0.717, 1.165) is 74.0 Å². The SMILES string of the molecule is C1=CSC2=C(CCN=Cc3ccncc3CNc3cccnc3CCCCc3ccccc3CC2)S1. The normalized spacial score (nSPS) is 17.2. The molecule has 0 amide bonds. The zero-order valence-electron chi connectivity index (χ0n) is 20.5. The van der Waals surface area contributed by atoms with Crippen LogP contribution in [0.3, 0.4) is 0 Å². The Morgan fingerprint density at radius 3 is 2.42 bits per heavy atom. The summed E-state index contributed by atoms with van der Waals surface area (Å²) in [4.78, 5) is 16.8. The summed E-state index contributed by atoms with van der Waals surface area (Å²) in [5, 5.41) is 8.04. The smallest absolute Gasteiger partial charge is 0.0634 e. The van der Waals surface area contributed by atoms with Crippen molar-refractivity contribution in [2.45, 2.75) is 51.5 Å². The molecule has 0 saturated carbocycles. The number of hydrogen-bond donors (Lipinski definition) is 1. The van der Waals surface area contributed by atoms with E-state index in [1.54, 1.807) is 0 Å². The lowest BCUT2D eigenvalue weighted by Crippen LogP contribution is -2.07. The van der Waals surface area contributed by atoms with Gasteiger partial charge in [0, 0.05) is 48.4 Å². The van der Waals surface area contributed by atoms with Crippen LogP contribution in [0, 0.1) is 0 Å². The highest BCUT2D eigenvalue weighted by Crippen LogP contribution is 2.39. The third kappa shape index (κ3) is 6.68. The van der Waals surface area contributed by atoms with Crippen molar-refractivity contribution in [2.75, 3.05) is 11.9 Å². The Hall–Kier alpha value is -2.83. The summed E-state index contributed by atoms with van der Waals surface area (Å²) < 4.78 is 0. The first kappa shape index (κ1) is 24.8.